The number of unbranched alkanes of at least 4 members (excludes halogenated alkanes) is 25. The standard InChI is InChI=1S/C51H92O10/c1-3-5-7-9-11-13-15-17-19-21-22-24-25-27-29-31-33-35-37-39-46(53)58-42-44(43-59-51-50(57)49(56)48(55)45(41-52)61-51)60-47(54)40-38-36-34-32-30-28-26-23-20-18-16-14-12-10-8-6-4-2/h11,13-14,16-17,19,44-45,48-52,55-57H,3-10,12,15,18,20-43H2,1-2H3/b13-11+,16-14+,19-17+/t44-,45-,48+,49?,50?,51-/m0/s1. The second-order valence-corrected chi connectivity index (χ2v) is 17.3. The largest absolute Gasteiger partial charge is 0.462 e. The van der Waals surface area contributed by atoms with Crippen molar-refractivity contribution >= 4 is 11.9 Å². The summed E-state index contributed by atoms with van der Waals surface area (Å²) in [5.41, 5.74) is 0. The molecule has 0 amide bonds. The van der Waals surface area contributed by atoms with Crippen LogP contribution in [0.25, 0.3) is 0 Å². The van der Waals surface area contributed by atoms with E-state index < -0.39 is 49.4 Å². The average molecular weight is 865 g/mol. The van der Waals surface area contributed by atoms with Gasteiger partial charge in [-0.3, -0.25) is 9.59 Å². The van der Waals surface area contributed by atoms with E-state index in [2.05, 4.69) is 50.3 Å². The van der Waals surface area contributed by atoms with Crippen LogP contribution in [0.4, 0.5) is 0 Å². The third-order valence-electron chi connectivity index (χ3n) is 11.5. The number of hydrogen-bond acceptors (Lipinski definition) is 10. The summed E-state index contributed by atoms with van der Waals surface area (Å²) in [6.45, 7) is 3.40. The molecule has 0 bridgehead atoms. The topological polar surface area (TPSA) is 152 Å². The fraction of sp³-hybridized carbons (Fsp3) is 0.843. The molecule has 6 atom stereocenters. The van der Waals surface area contributed by atoms with Crippen LogP contribution in [0.15, 0.2) is 36.5 Å². The highest BCUT2D eigenvalue weighted by molar-refractivity contribution is 5.70. The van der Waals surface area contributed by atoms with Gasteiger partial charge >= 0.3 is 11.9 Å². The summed E-state index contributed by atoms with van der Waals surface area (Å²) in [6.07, 6.45) is 41.4. The van der Waals surface area contributed by atoms with Gasteiger partial charge < -0.3 is 39.4 Å². The van der Waals surface area contributed by atoms with Crippen LogP contribution in [0.5, 0.6) is 0 Å². The molecule has 0 spiro atoms. The highest BCUT2D eigenvalue weighted by Crippen LogP contribution is 2.23. The summed E-state index contributed by atoms with van der Waals surface area (Å²) in [4.78, 5) is 25.4. The minimum absolute atomic E-state index is 0.219. The highest BCUT2D eigenvalue weighted by Gasteiger charge is 2.44. The SMILES string of the molecule is CCCCC/C=C/C/C=C/CCCCCCCCCCCC(=O)OC[C@@H](CO[C@H]1O[C@@H](CO)[C@@H](O)C(O)C1O)OC(=O)CCCCCCCCCCC/C=C/CCCCCC. The maximum absolute atomic E-state index is 12.8. The third kappa shape index (κ3) is 33.1. The number of hydrogen-bond donors (Lipinski definition) is 4. The summed E-state index contributed by atoms with van der Waals surface area (Å²) < 4.78 is 22.2. The van der Waals surface area contributed by atoms with E-state index in [-0.39, 0.29) is 32.0 Å². The number of aliphatic hydroxyl groups excluding tert-OH is 4. The quantitative estimate of drug-likeness (QED) is 0.0265. The number of allylic oxidation sites excluding steroid dienone is 6. The number of rotatable bonds is 42. The van der Waals surface area contributed by atoms with Crippen LogP contribution in [-0.4, -0.2) is 89.0 Å². The van der Waals surface area contributed by atoms with Crippen LogP contribution in [0.1, 0.15) is 219 Å². The zero-order valence-electron chi connectivity index (χ0n) is 38.9. The van der Waals surface area contributed by atoms with Crippen molar-refractivity contribution in [3.05, 3.63) is 36.5 Å². The van der Waals surface area contributed by atoms with E-state index in [1.807, 2.05) is 0 Å². The van der Waals surface area contributed by atoms with E-state index in [9.17, 15) is 30.0 Å². The van der Waals surface area contributed by atoms with Crippen LogP contribution in [0, 0.1) is 0 Å². The molecule has 0 aromatic heterocycles. The van der Waals surface area contributed by atoms with Gasteiger partial charge in [-0.25, -0.2) is 0 Å². The normalized spacial score (nSPS) is 20.0. The van der Waals surface area contributed by atoms with Crippen molar-refractivity contribution in [2.45, 2.75) is 256 Å². The lowest BCUT2D eigenvalue weighted by Crippen LogP contribution is -2.59. The second kappa shape index (κ2) is 41.9. The third-order valence-corrected chi connectivity index (χ3v) is 11.5. The Labute approximate surface area is 372 Å². The number of carbonyl (C=O) groups excluding carboxylic acids is 2. The Balaban J connectivity index is 2.27. The maximum Gasteiger partial charge on any atom is 0.306 e. The molecule has 0 saturated carbocycles. The number of esters is 2. The van der Waals surface area contributed by atoms with E-state index in [1.54, 1.807) is 0 Å². The molecular formula is C51H92O10. The molecule has 10 heteroatoms. The van der Waals surface area contributed by atoms with Crippen molar-refractivity contribution in [1.29, 1.82) is 0 Å². The molecule has 1 fully saturated rings. The van der Waals surface area contributed by atoms with Crippen molar-refractivity contribution in [3.8, 4) is 0 Å². The molecule has 1 aliphatic heterocycles. The Morgan fingerprint density at radius 1 is 0.508 bits per heavy atom. The lowest BCUT2D eigenvalue weighted by molar-refractivity contribution is -0.305. The van der Waals surface area contributed by atoms with Crippen LogP contribution in [0.2, 0.25) is 0 Å². The Morgan fingerprint density at radius 2 is 0.918 bits per heavy atom. The molecule has 1 saturated heterocycles. The summed E-state index contributed by atoms with van der Waals surface area (Å²) in [5, 5.41) is 40.2. The van der Waals surface area contributed by atoms with Crippen molar-refractivity contribution in [2.75, 3.05) is 19.8 Å². The number of ether oxygens (including phenoxy) is 4. The zero-order valence-corrected chi connectivity index (χ0v) is 38.9. The first kappa shape index (κ1) is 56.9. The van der Waals surface area contributed by atoms with Gasteiger partial charge in [0.05, 0.1) is 13.2 Å². The summed E-state index contributed by atoms with van der Waals surface area (Å²) >= 11 is 0. The molecule has 0 aromatic carbocycles. The minimum Gasteiger partial charge on any atom is -0.462 e. The molecule has 10 nitrogen and oxygen atoms in total. The molecule has 0 aliphatic carbocycles. The van der Waals surface area contributed by atoms with Gasteiger partial charge in [0.1, 0.15) is 31.0 Å². The molecule has 1 heterocycles. The predicted molar refractivity (Wildman–Crippen MR) is 247 cm³/mol. The fourth-order valence-electron chi connectivity index (χ4n) is 7.51. The first-order valence-electron chi connectivity index (χ1n) is 25.1. The first-order chi connectivity index (χ1) is 29.8. The first-order valence-corrected chi connectivity index (χ1v) is 25.1. The van der Waals surface area contributed by atoms with Gasteiger partial charge in [0.15, 0.2) is 12.4 Å². The molecule has 1 rings (SSSR count). The predicted octanol–water partition coefficient (Wildman–Crippen LogP) is 11.4. The van der Waals surface area contributed by atoms with Crippen molar-refractivity contribution in [3.63, 3.8) is 0 Å². The summed E-state index contributed by atoms with van der Waals surface area (Å²) in [7, 11) is 0. The van der Waals surface area contributed by atoms with Crippen LogP contribution >= 0.6 is 0 Å². The van der Waals surface area contributed by atoms with Crippen molar-refractivity contribution in [2.24, 2.45) is 0 Å². The van der Waals surface area contributed by atoms with E-state index >= 15 is 0 Å². The molecule has 61 heavy (non-hydrogen) atoms. The second-order valence-electron chi connectivity index (χ2n) is 17.3. The molecule has 4 N–H and O–H groups in total. The summed E-state index contributed by atoms with van der Waals surface area (Å²) in [6, 6.07) is 0. The van der Waals surface area contributed by atoms with E-state index in [1.165, 1.54) is 128 Å². The molecule has 0 radical (unpaired) electrons. The van der Waals surface area contributed by atoms with E-state index in [0.717, 1.165) is 57.8 Å². The maximum atomic E-state index is 12.8. The number of carbonyl (C=O) groups is 2. The fourth-order valence-corrected chi connectivity index (χ4v) is 7.51. The van der Waals surface area contributed by atoms with Gasteiger partial charge in [0.2, 0.25) is 0 Å². The monoisotopic (exact) mass is 865 g/mol. The van der Waals surface area contributed by atoms with Gasteiger partial charge in [0.25, 0.3) is 0 Å². The highest BCUT2D eigenvalue weighted by atomic mass is 16.7. The van der Waals surface area contributed by atoms with E-state index in [0.29, 0.717) is 6.42 Å². The zero-order chi connectivity index (χ0) is 44.4. The molecule has 0 aromatic rings. The van der Waals surface area contributed by atoms with E-state index in [4.69, 9.17) is 18.9 Å². The van der Waals surface area contributed by atoms with Gasteiger partial charge in [-0.05, 0) is 70.6 Å². The Bertz CT molecular complexity index is 1090. The van der Waals surface area contributed by atoms with Crippen molar-refractivity contribution in [1.82, 2.24) is 0 Å². The average Bonchev–Trinajstić information content (AvgIpc) is 3.26. The number of aliphatic hydroxyl groups is 4. The lowest BCUT2D eigenvalue weighted by Gasteiger charge is -2.39. The molecule has 2 unspecified atom stereocenters. The molecular weight excluding hydrogens is 773 g/mol. The molecule has 1 aliphatic rings. The lowest BCUT2D eigenvalue weighted by atomic mass is 9.99. The molecule has 356 valence electrons. The van der Waals surface area contributed by atoms with Crippen LogP contribution in [-0.2, 0) is 28.5 Å². The summed E-state index contributed by atoms with van der Waals surface area (Å²) in [5.74, 6) is -0.808. The van der Waals surface area contributed by atoms with Gasteiger partial charge in [-0.1, -0.05) is 172 Å². The minimum atomic E-state index is -1.60. The Kier molecular flexibility index (Phi) is 39.1. The Hall–Kier alpha value is -2.08. The van der Waals surface area contributed by atoms with Gasteiger partial charge in [0, 0.05) is 12.8 Å². The Morgan fingerprint density at radius 3 is 1.41 bits per heavy atom. The van der Waals surface area contributed by atoms with Crippen LogP contribution < -0.4 is 0 Å². The van der Waals surface area contributed by atoms with Gasteiger partial charge in [-0.2, -0.15) is 0 Å². The van der Waals surface area contributed by atoms with Crippen molar-refractivity contribution < 1.29 is 49.0 Å². The van der Waals surface area contributed by atoms with Crippen LogP contribution in [0.3, 0.4) is 0 Å². The smallest absolute Gasteiger partial charge is 0.306 e. The van der Waals surface area contributed by atoms with Gasteiger partial charge in [-0.15, -0.1) is 0 Å².